The second-order valence-electron chi connectivity index (χ2n) is 6.56. The molecular weight excluding hydrogens is 319 g/mol. The van der Waals surface area contributed by atoms with Crippen LogP contribution < -0.4 is 10.1 Å². The highest BCUT2D eigenvalue weighted by atomic mass is 19.1. The summed E-state index contributed by atoms with van der Waals surface area (Å²) < 4.78 is 18.9. The first-order valence-electron chi connectivity index (χ1n) is 8.31. The lowest BCUT2D eigenvalue weighted by Gasteiger charge is -2.16. The van der Waals surface area contributed by atoms with Gasteiger partial charge in [0.15, 0.2) is 0 Å². The lowest BCUT2D eigenvalue weighted by Crippen LogP contribution is -2.32. The van der Waals surface area contributed by atoms with Crippen molar-refractivity contribution in [3.05, 3.63) is 65.6 Å². The van der Waals surface area contributed by atoms with Crippen molar-refractivity contribution in [1.29, 1.82) is 0 Å². The second kappa shape index (κ2) is 5.92. The number of aromatic amines is 1. The van der Waals surface area contributed by atoms with Gasteiger partial charge in [-0.25, -0.2) is 4.39 Å². The van der Waals surface area contributed by atoms with Gasteiger partial charge >= 0.3 is 0 Å². The fourth-order valence-electron chi connectivity index (χ4n) is 3.40. The molecule has 0 bridgehead atoms. The number of ether oxygens (including phenoxy) is 1. The second-order valence-corrected chi connectivity index (χ2v) is 6.56. The summed E-state index contributed by atoms with van der Waals surface area (Å²) in [4.78, 5) is 15.7. The molecule has 0 aliphatic heterocycles. The number of methoxy groups -OCH3 is 1. The molecule has 0 saturated heterocycles. The minimum Gasteiger partial charge on any atom is -0.496 e. The average Bonchev–Trinajstić information content (AvgIpc) is 3.31. The number of nitrogens with one attached hydrogen (secondary N) is 2. The molecular formula is C20H19FN2O2. The van der Waals surface area contributed by atoms with Gasteiger partial charge in [-0.15, -0.1) is 0 Å². The number of hydrogen-bond acceptors (Lipinski definition) is 2. The largest absolute Gasteiger partial charge is 0.496 e. The van der Waals surface area contributed by atoms with Crippen LogP contribution in [0.4, 0.5) is 4.39 Å². The molecule has 4 nitrogen and oxygen atoms in total. The SMILES string of the molecule is COc1ccccc1C(=O)NCC1(c2c[nH]c3ccc(F)cc23)CC1. The summed E-state index contributed by atoms with van der Waals surface area (Å²) in [5.41, 5.74) is 2.39. The minimum atomic E-state index is -0.248. The van der Waals surface area contributed by atoms with Crippen LogP contribution in [0.3, 0.4) is 0 Å². The van der Waals surface area contributed by atoms with E-state index in [9.17, 15) is 9.18 Å². The van der Waals surface area contributed by atoms with E-state index >= 15 is 0 Å². The van der Waals surface area contributed by atoms with Gasteiger partial charge < -0.3 is 15.0 Å². The zero-order chi connectivity index (χ0) is 17.4. The van der Waals surface area contributed by atoms with Crippen molar-refractivity contribution in [2.45, 2.75) is 18.3 Å². The van der Waals surface area contributed by atoms with Gasteiger partial charge in [-0.2, -0.15) is 0 Å². The van der Waals surface area contributed by atoms with Crippen molar-refractivity contribution in [3.8, 4) is 5.75 Å². The van der Waals surface area contributed by atoms with Gasteiger partial charge in [0.2, 0.25) is 0 Å². The Bertz CT molecular complexity index is 944. The third-order valence-corrected chi connectivity index (χ3v) is 5.01. The molecule has 1 aliphatic carbocycles. The molecule has 2 N–H and O–H groups in total. The fraction of sp³-hybridized carbons (Fsp3) is 0.250. The van der Waals surface area contributed by atoms with E-state index in [1.54, 1.807) is 31.4 Å². The summed E-state index contributed by atoms with van der Waals surface area (Å²) in [5.74, 6) is 0.149. The first kappa shape index (κ1) is 15.7. The van der Waals surface area contributed by atoms with Crippen molar-refractivity contribution in [3.63, 3.8) is 0 Å². The molecule has 1 heterocycles. The number of hydrogen-bond donors (Lipinski definition) is 2. The van der Waals surface area contributed by atoms with Crippen molar-refractivity contribution < 1.29 is 13.9 Å². The molecule has 1 saturated carbocycles. The third kappa shape index (κ3) is 2.76. The Labute approximate surface area is 145 Å². The zero-order valence-corrected chi connectivity index (χ0v) is 13.9. The number of carbonyl (C=O) groups excluding carboxylic acids is 1. The molecule has 0 atom stereocenters. The first-order valence-corrected chi connectivity index (χ1v) is 8.31. The number of para-hydroxylation sites is 1. The normalized spacial score (nSPS) is 15.1. The van der Waals surface area contributed by atoms with Crippen LogP contribution in [-0.4, -0.2) is 24.5 Å². The number of halogens is 1. The van der Waals surface area contributed by atoms with Gasteiger partial charge in [-0.3, -0.25) is 4.79 Å². The highest BCUT2D eigenvalue weighted by Gasteiger charge is 2.46. The summed E-state index contributed by atoms with van der Waals surface area (Å²) in [6, 6.07) is 11.9. The Hall–Kier alpha value is -2.82. The number of amides is 1. The van der Waals surface area contributed by atoms with Gasteiger partial charge in [0.25, 0.3) is 5.91 Å². The van der Waals surface area contributed by atoms with E-state index in [1.165, 1.54) is 6.07 Å². The molecule has 2 aromatic carbocycles. The fourth-order valence-corrected chi connectivity index (χ4v) is 3.40. The predicted molar refractivity (Wildman–Crippen MR) is 94.5 cm³/mol. The van der Waals surface area contributed by atoms with E-state index in [2.05, 4.69) is 10.3 Å². The molecule has 0 unspecified atom stereocenters. The number of benzene rings is 2. The summed E-state index contributed by atoms with van der Waals surface area (Å²) in [7, 11) is 1.55. The Morgan fingerprint density at radius 3 is 2.84 bits per heavy atom. The van der Waals surface area contributed by atoms with Crippen LogP contribution in [0.1, 0.15) is 28.8 Å². The van der Waals surface area contributed by atoms with E-state index in [4.69, 9.17) is 4.74 Å². The number of aromatic nitrogens is 1. The molecule has 1 aliphatic rings. The summed E-state index contributed by atoms with van der Waals surface area (Å²) in [6.45, 7) is 0.521. The highest BCUT2D eigenvalue weighted by molar-refractivity contribution is 5.97. The average molecular weight is 338 g/mol. The topological polar surface area (TPSA) is 54.1 Å². The molecule has 1 fully saturated rings. The smallest absolute Gasteiger partial charge is 0.255 e. The van der Waals surface area contributed by atoms with Gasteiger partial charge in [-0.1, -0.05) is 12.1 Å². The van der Waals surface area contributed by atoms with Crippen LogP contribution in [0.5, 0.6) is 5.75 Å². The molecule has 1 amide bonds. The van der Waals surface area contributed by atoms with E-state index in [-0.39, 0.29) is 17.1 Å². The van der Waals surface area contributed by atoms with E-state index in [1.807, 2.05) is 18.3 Å². The number of rotatable bonds is 5. The molecule has 0 radical (unpaired) electrons. The monoisotopic (exact) mass is 338 g/mol. The summed E-state index contributed by atoms with van der Waals surface area (Å²) in [6.07, 6.45) is 3.89. The van der Waals surface area contributed by atoms with Crippen LogP contribution in [0, 0.1) is 5.82 Å². The van der Waals surface area contributed by atoms with Crippen LogP contribution in [-0.2, 0) is 5.41 Å². The number of fused-ring (bicyclic) bond motifs is 1. The number of H-pyrrole nitrogens is 1. The van der Waals surface area contributed by atoms with Crippen LogP contribution >= 0.6 is 0 Å². The lowest BCUT2D eigenvalue weighted by atomic mass is 9.95. The van der Waals surface area contributed by atoms with Crippen LogP contribution in [0.2, 0.25) is 0 Å². The van der Waals surface area contributed by atoms with Gasteiger partial charge in [0, 0.05) is 29.1 Å². The van der Waals surface area contributed by atoms with Crippen molar-refractivity contribution >= 4 is 16.8 Å². The Morgan fingerprint density at radius 1 is 1.28 bits per heavy atom. The van der Waals surface area contributed by atoms with E-state index in [0.29, 0.717) is 17.9 Å². The molecule has 1 aromatic heterocycles. The molecule has 25 heavy (non-hydrogen) atoms. The third-order valence-electron chi connectivity index (χ3n) is 5.01. The quantitative estimate of drug-likeness (QED) is 0.744. The van der Waals surface area contributed by atoms with Gasteiger partial charge in [-0.05, 0) is 48.7 Å². The molecule has 4 rings (SSSR count). The Morgan fingerprint density at radius 2 is 2.08 bits per heavy atom. The molecule has 5 heteroatoms. The molecule has 0 spiro atoms. The highest BCUT2D eigenvalue weighted by Crippen LogP contribution is 2.50. The lowest BCUT2D eigenvalue weighted by molar-refractivity contribution is 0.0946. The van der Waals surface area contributed by atoms with Crippen LogP contribution in [0.15, 0.2) is 48.7 Å². The minimum absolute atomic E-state index is 0.121. The molecule has 3 aromatic rings. The Kier molecular flexibility index (Phi) is 3.71. The van der Waals surface area contributed by atoms with Gasteiger partial charge in [0.05, 0.1) is 12.7 Å². The van der Waals surface area contributed by atoms with Crippen molar-refractivity contribution in [2.75, 3.05) is 13.7 Å². The van der Waals surface area contributed by atoms with Gasteiger partial charge in [0.1, 0.15) is 11.6 Å². The maximum absolute atomic E-state index is 13.6. The predicted octanol–water partition coefficient (Wildman–Crippen LogP) is 3.78. The number of carbonyl (C=O) groups is 1. The standard InChI is InChI=1S/C20H19FN2O2/c1-25-18-5-3-2-4-14(18)19(24)23-12-20(8-9-20)16-11-22-17-7-6-13(21)10-15(16)17/h2-7,10-11,22H,8-9,12H2,1H3,(H,23,24). The first-order chi connectivity index (χ1) is 12.1. The van der Waals surface area contributed by atoms with Crippen LogP contribution in [0.25, 0.3) is 10.9 Å². The van der Waals surface area contributed by atoms with Crippen molar-refractivity contribution in [2.24, 2.45) is 0 Å². The molecule has 128 valence electrons. The zero-order valence-electron chi connectivity index (χ0n) is 13.9. The Balaban J connectivity index is 1.56. The maximum atomic E-state index is 13.6. The van der Waals surface area contributed by atoms with E-state index < -0.39 is 0 Å². The van der Waals surface area contributed by atoms with Crippen molar-refractivity contribution in [1.82, 2.24) is 10.3 Å². The van der Waals surface area contributed by atoms with E-state index in [0.717, 1.165) is 29.3 Å². The summed E-state index contributed by atoms with van der Waals surface area (Å²) >= 11 is 0. The summed E-state index contributed by atoms with van der Waals surface area (Å²) in [5, 5.41) is 3.91. The maximum Gasteiger partial charge on any atom is 0.255 e.